The van der Waals surface area contributed by atoms with Crippen LogP contribution < -0.4 is 5.32 Å². The van der Waals surface area contributed by atoms with Crippen molar-refractivity contribution < 1.29 is 4.39 Å². The molecule has 1 atom stereocenters. The lowest BCUT2D eigenvalue weighted by Crippen LogP contribution is -2.27. The van der Waals surface area contributed by atoms with Crippen molar-refractivity contribution in [1.29, 1.82) is 0 Å². The maximum absolute atomic E-state index is 13.0. The third-order valence-electron chi connectivity index (χ3n) is 2.53. The molecule has 0 saturated heterocycles. The number of nitrogens with one attached hydrogen (secondary N) is 1. The second kappa shape index (κ2) is 8.16. The molecule has 0 aliphatic carbocycles. The lowest BCUT2D eigenvalue weighted by Gasteiger charge is -2.14. The standard InChI is InChI=1S/C14H18FNS/c1-3-4-5-8-13(16-2)11-17-14-9-6-7-12(15)10-14/h1,6-7,9-10,13,16H,4-5,8,11H2,2H3. The molecule has 1 aromatic carbocycles. The van der Waals surface area contributed by atoms with E-state index >= 15 is 0 Å². The average molecular weight is 251 g/mol. The van der Waals surface area contributed by atoms with Gasteiger partial charge in [-0.3, -0.25) is 0 Å². The van der Waals surface area contributed by atoms with Crippen molar-refractivity contribution in [2.45, 2.75) is 30.2 Å². The number of thioether (sulfide) groups is 1. The molecule has 1 unspecified atom stereocenters. The first-order valence-electron chi connectivity index (χ1n) is 5.75. The number of hydrogen-bond donors (Lipinski definition) is 1. The van der Waals surface area contributed by atoms with Crippen molar-refractivity contribution in [2.24, 2.45) is 0 Å². The molecule has 0 heterocycles. The van der Waals surface area contributed by atoms with E-state index < -0.39 is 0 Å². The molecule has 3 heteroatoms. The molecule has 0 saturated carbocycles. The molecule has 0 aromatic heterocycles. The van der Waals surface area contributed by atoms with Crippen LogP contribution in [0.15, 0.2) is 29.2 Å². The van der Waals surface area contributed by atoms with E-state index in [2.05, 4.69) is 11.2 Å². The average Bonchev–Trinajstić information content (AvgIpc) is 2.34. The number of benzene rings is 1. The van der Waals surface area contributed by atoms with Crippen molar-refractivity contribution in [3.8, 4) is 12.3 Å². The Hall–Kier alpha value is -0.980. The van der Waals surface area contributed by atoms with Gasteiger partial charge in [0.2, 0.25) is 0 Å². The summed E-state index contributed by atoms with van der Waals surface area (Å²) < 4.78 is 13.0. The van der Waals surface area contributed by atoms with Gasteiger partial charge in [0, 0.05) is 23.1 Å². The molecule has 0 radical (unpaired) electrons. The summed E-state index contributed by atoms with van der Waals surface area (Å²) in [6, 6.07) is 7.13. The summed E-state index contributed by atoms with van der Waals surface area (Å²) in [6.45, 7) is 0. The highest BCUT2D eigenvalue weighted by atomic mass is 32.2. The first-order chi connectivity index (χ1) is 8.26. The van der Waals surface area contributed by atoms with Gasteiger partial charge in [-0.05, 0) is 38.1 Å². The van der Waals surface area contributed by atoms with Crippen LogP contribution in [0.4, 0.5) is 4.39 Å². The van der Waals surface area contributed by atoms with E-state index in [-0.39, 0.29) is 5.82 Å². The van der Waals surface area contributed by atoms with Crippen molar-refractivity contribution in [1.82, 2.24) is 5.32 Å². The molecule has 0 spiro atoms. The Kier molecular flexibility index (Phi) is 6.76. The Morgan fingerprint density at radius 1 is 1.53 bits per heavy atom. The molecule has 0 fully saturated rings. The molecule has 0 aliphatic heterocycles. The van der Waals surface area contributed by atoms with Crippen LogP contribution in [0.25, 0.3) is 0 Å². The Morgan fingerprint density at radius 2 is 2.35 bits per heavy atom. The second-order valence-electron chi connectivity index (χ2n) is 3.85. The minimum atomic E-state index is -0.177. The van der Waals surface area contributed by atoms with Gasteiger partial charge in [0.25, 0.3) is 0 Å². The quantitative estimate of drug-likeness (QED) is 0.453. The summed E-state index contributed by atoms with van der Waals surface area (Å²) >= 11 is 1.67. The molecule has 0 amide bonds. The topological polar surface area (TPSA) is 12.0 Å². The number of terminal acetylenes is 1. The van der Waals surface area contributed by atoms with Gasteiger partial charge in [0.15, 0.2) is 0 Å². The zero-order valence-corrected chi connectivity index (χ0v) is 10.9. The van der Waals surface area contributed by atoms with Crippen LogP contribution >= 0.6 is 11.8 Å². The van der Waals surface area contributed by atoms with Crippen molar-refractivity contribution in [3.63, 3.8) is 0 Å². The van der Waals surface area contributed by atoms with E-state index in [9.17, 15) is 4.39 Å². The molecule has 1 rings (SSSR count). The zero-order valence-electron chi connectivity index (χ0n) is 10.1. The second-order valence-corrected chi connectivity index (χ2v) is 4.94. The van der Waals surface area contributed by atoms with E-state index in [0.717, 1.165) is 29.9 Å². The predicted octanol–water partition coefficient (Wildman–Crippen LogP) is 3.31. The van der Waals surface area contributed by atoms with Gasteiger partial charge in [-0.15, -0.1) is 24.1 Å². The first kappa shape index (κ1) is 14.1. The highest BCUT2D eigenvalue weighted by Crippen LogP contribution is 2.20. The van der Waals surface area contributed by atoms with E-state index in [1.54, 1.807) is 23.9 Å². The molecule has 17 heavy (non-hydrogen) atoms. The van der Waals surface area contributed by atoms with E-state index in [1.165, 1.54) is 6.07 Å². The van der Waals surface area contributed by atoms with Crippen LogP contribution in [0.2, 0.25) is 0 Å². The molecule has 92 valence electrons. The monoisotopic (exact) mass is 251 g/mol. The number of unbranched alkanes of at least 4 members (excludes halogenated alkanes) is 1. The fourth-order valence-electron chi connectivity index (χ4n) is 1.52. The molecule has 0 bridgehead atoms. The number of halogens is 1. The molecular formula is C14H18FNS. The van der Waals surface area contributed by atoms with Crippen molar-refractivity contribution >= 4 is 11.8 Å². The Labute approximate surface area is 107 Å². The Balaban J connectivity index is 2.34. The summed E-state index contributed by atoms with van der Waals surface area (Å²) in [7, 11) is 1.95. The van der Waals surface area contributed by atoms with E-state index in [4.69, 9.17) is 6.42 Å². The maximum atomic E-state index is 13.0. The summed E-state index contributed by atoms with van der Waals surface area (Å²) in [6.07, 6.45) is 8.13. The number of hydrogen-bond acceptors (Lipinski definition) is 2. The minimum absolute atomic E-state index is 0.177. The van der Waals surface area contributed by atoms with Crippen molar-refractivity contribution in [3.05, 3.63) is 30.1 Å². The van der Waals surface area contributed by atoms with Gasteiger partial charge < -0.3 is 5.32 Å². The fraction of sp³-hybridized carbons (Fsp3) is 0.429. The lowest BCUT2D eigenvalue weighted by atomic mass is 10.1. The van der Waals surface area contributed by atoms with Crippen LogP contribution in [-0.4, -0.2) is 18.8 Å². The van der Waals surface area contributed by atoms with E-state index in [0.29, 0.717) is 6.04 Å². The molecular weight excluding hydrogens is 233 g/mol. The van der Waals surface area contributed by atoms with Gasteiger partial charge in [-0.25, -0.2) is 4.39 Å². The maximum Gasteiger partial charge on any atom is 0.124 e. The molecule has 1 aromatic rings. The first-order valence-corrected chi connectivity index (χ1v) is 6.74. The molecule has 1 nitrogen and oxygen atoms in total. The lowest BCUT2D eigenvalue weighted by molar-refractivity contribution is 0.554. The predicted molar refractivity (Wildman–Crippen MR) is 72.7 cm³/mol. The van der Waals surface area contributed by atoms with Gasteiger partial charge >= 0.3 is 0 Å². The summed E-state index contributed by atoms with van der Waals surface area (Å²) in [5.41, 5.74) is 0. The molecule has 0 aliphatic rings. The van der Waals surface area contributed by atoms with Gasteiger partial charge in [-0.2, -0.15) is 0 Å². The molecule has 1 N–H and O–H groups in total. The Bertz CT molecular complexity index is 373. The summed E-state index contributed by atoms with van der Waals surface area (Å²) in [5.74, 6) is 3.40. The van der Waals surface area contributed by atoms with Crippen LogP contribution in [0.3, 0.4) is 0 Å². The fourth-order valence-corrected chi connectivity index (χ4v) is 2.61. The Morgan fingerprint density at radius 3 is 3.00 bits per heavy atom. The SMILES string of the molecule is C#CCCCC(CSc1cccc(F)c1)NC. The van der Waals surface area contributed by atoms with Gasteiger partial charge in [-0.1, -0.05) is 6.07 Å². The van der Waals surface area contributed by atoms with Gasteiger partial charge in [0.1, 0.15) is 5.82 Å². The summed E-state index contributed by atoms with van der Waals surface area (Å²) in [4.78, 5) is 0.974. The van der Waals surface area contributed by atoms with Crippen LogP contribution in [0, 0.1) is 18.2 Å². The largest absolute Gasteiger partial charge is 0.316 e. The highest BCUT2D eigenvalue weighted by molar-refractivity contribution is 7.99. The third-order valence-corrected chi connectivity index (χ3v) is 3.69. The van der Waals surface area contributed by atoms with Crippen molar-refractivity contribution in [2.75, 3.05) is 12.8 Å². The van der Waals surface area contributed by atoms with Crippen LogP contribution in [0.1, 0.15) is 19.3 Å². The normalized spacial score (nSPS) is 12.1. The van der Waals surface area contributed by atoms with Crippen LogP contribution in [0.5, 0.6) is 0 Å². The summed E-state index contributed by atoms with van der Waals surface area (Å²) in [5, 5.41) is 3.26. The minimum Gasteiger partial charge on any atom is -0.316 e. The van der Waals surface area contributed by atoms with Gasteiger partial charge in [0.05, 0.1) is 0 Å². The van der Waals surface area contributed by atoms with Crippen LogP contribution in [-0.2, 0) is 0 Å². The highest BCUT2D eigenvalue weighted by Gasteiger charge is 2.06. The van der Waals surface area contributed by atoms with E-state index in [1.807, 2.05) is 13.1 Å². The number of rotatable bonds is 7. The zero-order chi connectivity index (χ0) is 12.5. The third kappa shape index (κ3) is 5.76. The smallest absolute Gasteiger partial charge is 0.124 e.